The topological polar surface area (TPSA) is 31.0 Å². The van der Waals surface area contributed by atoms with Gasteiger partial charge in [-0.05, 0) is 25.4 Å². The van der Waals surface area contributed by atoms with E-state index in [1.807, 2.05) is 0 Å². The molecular weight excluding hydrogens is 172 g/mol. The maximum atomic E-state index is 5.79. The van der Waals surface area contributed by atoms with Gasteiger partial charge in [0, 0.05) is 6.61 Å². The van der Waals surface area contributed by atoms with Crippen LogP contribution in [0.4, 0.5) is 0 Å². The fourth-order valence-electron chi connectivity index (χ4n) is 1.46. The Labute approximate surface area is 74.3 Å². The third-order valence-electron chi connectivity index (χ3n) is 2.41. The van der Waals surface area contributed by atoms with Crippen molar-refractivity contribution in [1.29, 1.82) is 0 Å². The minimum absolute atomic E-state index is 0.375. The summed E-state index contributed by atoms with van der Waals surface area (Å²) in [5.41, 5.74) is 0. The van der Waals surface area contributed by atoms with Gasteiger partial charge < -0.3 is 13.6 Å². The first-order valence-electron chi connectivity index (χ1n) is 4.68. The predicted octanol–water partition coefficient (Wildman–Crippen LogP) is 1.28. The molecule has 2 unspecified atom stereocenters. The molecule has 12 heavy (non-hydrogen) atoms. The summed E-state index contributed by atoms with van der Waals surface area (Å²) in [4.78, 5) is 0. The predicted molar refractivity (Wildman–Crippen MR) is 47.3 cm³/mol. The third kappa shape index (κ3) is 2.29. The zero-order valence-corrected chi connectivity index (χ0v) is 8.54. The minimum Gasteiger partial charge on any atom is -0.394 e. The summed E-state index contributed by atoms with van der Waals surface area (Å²) in [5, 5.41) is 0. The molecule has 0 aromatic rings. The highest BCUT2D eigenvalue weighted by Crippen LogP contribution is 2.24. The van der Waals surface area contributed by atoms with E-state index in [0.717, 1.165) is 25.9 Å². The maximum absolute atomic E-state index is 5.79. The van der Waals surface area contributed by atoms with E-state index in [1.165, 1.54) is 12.8 Å². The molecule has 0 N–H and O–H groups in total. The molecule has 2 rings (SSSR count). The van der Waals surface area contributed by atoms with Crippen molar-refractivity contribution in [2.24, 2.45) is 0 Å². The van der Waals surface area contributed by atoms with Gasteiger partial charge in [-0.3, -0.25) is 0 Å². The summed E-state index contributed by atoms with van der Waals surface area (Å²) in [6.45, 7) is 4.69. The van der Waals surface area contributed by atoms with Crippen LogP contribution in [-0.2, 0) is 13.6 Å². The Kier molecular flexibility index (Phi) is 2.50. The fourth-order valence-corrected chi connectivity index (χ4v) is 3.83. The van der Waals surface area contributed by atoms with Crippen LogP contribution in [0.3, 0.4) is 0 Å². The quantitative estimate of drug-likeness (QED) is 0.494. The van der Waals surface area contributed by atoms with Gasteiger partial charge in [0.15, 0.2) is 0 Å². The Hall–Kier alpha value is 0.0969. The summed E-state index contributed by atoms with van der Waals surface area (Å²) >= 11 is 0. The lowest BCUT2D eigenvalue weighted by Gasteiger charge is -2.30. The molecule has 2 fully saturated rings. The zero-order valence-electron chi connectivity index (χ0n) is 7.54. The summed E-state index contributed by atoms with van der Waals surface area (Å²) < 4.78 is 16.6. The Bertz CT molecular complexity index is 152. The second-order valence-corrected chi connectivity index (χ2v) is 7.05. The van der Waals surface area contributed by atoms with Crippen LogP contribution in [0.5, 0.6) is 0 Å². The van der Waals surface area contributed by atoms with Crippen LogP contribution < -0.4 is 0 Å². The second-order valence-electron chi connectivity index (χ2n) is 3.71. The smallest absolute Gasteiger partial charge is 0.335 e. The van der Waals surface area contributed by atoms with E-state index in [2.05, 4.69) is 6.55 Å². The van der Waals surface area contributed by atoms with Crippen LogP contribution in [0.1, 0.15) is 12.8 Å². The molecular formula is C8H16O3Si. The van der Waals surface area contributed by atoms with Crippen molar-refractivity contribution in [3.05, 3.63) is 0 Å². The van der Waals surface area contributed by atoms with Crippen molar-refractivity contribution in [2.45, 2.75) is 31.5 Å². The summed E-state index contributed by atoms with van der Waals surface area (Å²) in [7, 11) is -1.74. The number of ether oxygens (including phenoxy) is 1. The Morgan fingerprint density at radius 1 is 1.50 bits per heavy atom. The zero-order chi connectivity index (χ0) is 8.44. The molecule has 4 heteroatoms. The highest BCUT2D eigenvalue weighted by molar-refractivity contribution is 6.66. The first kappa shape index (κ1) is 8.68. The average Bonchev–Trinajstić information content (AvgIpc) is 2.85. The van der Waals surface area contributed by atoms with Crippen molar-refractivity contribution in [3.8, 4) is 0 Å². The Morgan fingerprint density at radius 2 is 2.33 bits per heavy atom. The number of hydrogen-bond acceptors (Lipinski definition) is 3. The maximum Gasteiger partial charge on any atom is 0.335 e. The molecule has 2 saturated heterocycles. The van der Waals surface area contributed by atoms with Gasteiger partial charge in [-0.2, -0.15) is 0 Å². The van der Waals surface area contributed by atoms with Gasteiger partial charge in [0.05, 0.1) is 13.2 Å². The number of epoxide rings is 1. The van der Waals surface area contributed by atoms with Crippen LogP contribution in [0.2, 0.25) is 12.6 Å². The lowest BCUT2D eigenvalue weighted by atomic mass is 10.4. The molecule has 2 aliphatic rings. The van der Waals surface area contributed by atoms with Crippen LogP contribution in [-0.4, -0.2) is 34.5 Å². The van der Waals surface area contributed by atoms with E-state index < -0.39 is 8.56 Å². The third-order valence-corrected chi connectivity index (χ3v) is 5.26. The minimum atomic E-state index is -1.74. The molecule has 0 saturated carbocycles. The van der Waals surface area contributed by atoms with E-state index in [1.54, 1.807) is 0 Å². The van der Waals surface area contributed by atoms with Gasteiger partial charge in [-0.1, -0.05) is 0 Å². The molecule has 0 spiro atoms. The van der Waals surface area contributed by atoms with E-state index in [-0.39, 0.29) is 0 Å². The second kappa shape index (κ2) is 3.45. The van der Waals surface area contributed by atoms with Gasteiger partial charge >= 0.3 is 8.56 Å². The Balaban J connectivity index is 1.73. The van der Waals surface area contributed by atoms with E-state index in [4.69, 9.17) is 13.6 Å². The standard InChI is InChI=1S/C8H16O3Si/c1-12(5-3-2-4-10-12)11-7-8-6-9-8/h8H,2-7H2,1H3. The van der Waals surface area contributed by atoms with Gasteiger partial charge in [0.1, 0.15) is 6.10 Å². The lowest BCUT2D eigenvalue weighted by Crippen LogP contribution is -2.42. The summed E-state index contributed by atoms with van der Waals surface area (Å²) in [6.07, 6.45) is 2.85. The van der Waals surface area contributed by atoms with Crippen LogP contribution in [0.25, 0.3) is 0 Å². The summed E-state index contributed by atoms with van der Waals surface area (Å²) in [5.74, 6) is 0. The normalized spacial score (nSPS) is 41.2. The van der Waals surface area contributed by atoms with E-state index in [0.29, 0.717) is 6.10 Å². The monoisotopic (exact) mass is 188 g/mol. The molecule has 70 valence electrons. The largest absolute Gasteiger partial charge is 0.394 e. The average molecular weight is 188 g/mol. The molecule has 0 amide bonds. The molecule has 0 aromatic carbocycles. The van der Waals surface area contributed by atoms with Crippen LogP contribution >= 0.6 is 0 Å². The molecule has 0 bridgehead atoms. The SMILES string of the molecule is C[Si]1(OCC2CO2)CCCCO1. The lowest BCUT2D eigenvalue weighted by molar-refractivity contribution is 0.143. The van der Waals surface area contributed by atoms with Gasteiger partial charge in [-0.15, -0.1) is 0 Å². The number of hydrogen-bond donors (Lipinski definition) is 0. The van der Waals surface area contributed by atoms with Crippen LogP contribution in [0.15, 0.2) is 0 Å². The van der Waals surface area contributed by atoms with Gasteiger partial charge in [-0.25, -0.2) is 0 Å². The van der Waals surface area contributed by atoms with Gasteiger partial charge in [0.25, 0.3) is 0 Å². The van der Waals surface area contributed by atoms with E-state index >= 15 is 0 Å². The van der Waals surface area contributed by atoms with Gasteiger partial charge in [0.2, 0.25) is 0 Å². The highest BCUT2D eigenvalue weighted by Gasteiger charge is 2.36. The van der Waals surface area contributed by atoms with Crippen molar-refractivity contribution >= 4 is 8.56 Å². The van der Waals surface area contributed by atoms with Crippen molar-refractivity contribution in [3.63, 3.8) is 0 Å². The fraction of sp³-hybridized carbons (Fsp3) is 1.00. The van der Waals surface area contributed by atoms with Crippen LogP contribution in [0, 0.1) is 0 Å². The molecule has 2 aliphatic heterocycles. The van der Waals surface area contributed by atoms with E-state index in [9.17, 15) is 0 Å². The van der Waals surface area contributed by atoms with Crippen molar-refractivity contribution in [2.75, 3.05) is 19.8 Å². The Morgan fingerprint density at radius 3 is 2.92 bits per heavy atom. The first-order chi connectivity index (χ1) is 5.79. The molecule has 0 radical (unpaired) electrons. The van der Waals surface area contributed by atoms with Crippen molar-refractivity contribution in [1.82, 2.24) is 0 Å². The van der Waals surface area contributed by atoms with Crippen molar-refractivity contribution < 1.29 is 13.6 Å². The number of rotatable bonds is 3. The molecule has 2 heterocycles. The molecule has 3 nitrogen and oxygen atoms in total. The molecule has 2 atom stereocenters. The highest BCUT2D eigenvalue weighted by atomic mass is 28.4. The molecule has 0 aromatic heterocycles. The summed E-state index contributed by atoms with van der Waals surface area (Å²) in [6, 6.07) is 1.15. The first-order valence-corrected chi connectivity index (χ1v) is 7.20. The molecule has 0 aliphatic carbocycles.